The molecule has 20 heavy (non-hydrogen) atoms. The van der Waals surface area contributed by atoms with E-state index < -0.39 is 11.6 Å². The smallest absolute Gasteiger partial charge is 0.142 e. The van der Waals surface area contributed by atoms with Gasteiger partial charge in [-0.15, -0.1) is 0 Å². The highest BCUT2D eigenvalue weighted by Crippen LogP contribution is 2.39. The Morgan fingerprint density at radius 2 is 1.85 bits per heavy atom. The molecule has 0 aliphatic heterocycles. The molecule has 1 saturated carbocycles. The highest BCUT2D eigenvalue weighted by atomic mass is 35.5. The molecule has 0 aromatic heterocycles. The molecule has 0 amide bonds. The first-order valence-electron chi connectivity index (χ1n) is 7.38. The standard InChI is InChI=1S/C16H22ClF2N/c1-3-10-4-6-11(7-5-10)16(20-2)12-8-15(19)13(17)9-14(12)18/h8-11,16,20H,3-7H2,1-2H3. The lowest BCUT2D eigenvalue weighted by Gasteiger charge is -2.34. The topological polar surface area (TPSA) is 12.0 Å². The summed E-state index contributed by atoms with van der Waals surface area (Å²) in [6.45, 7) is 2.22. The van der Waals surface area contributed by atoms with Crippen LogP contribution in [0.3, 0.4) is 0 Å². The van der Waals surface area contributed by atoms with Crippen LogP contribution in [0.15, 0.2) is 12.1 Å². The lowest BCUT2D eigenvalue weighted by molar-refractivity contribution is 0.221. The van der Waals surface area contributed by atoms with Crippen molar-refractivity contribution >= 4 is 11.6 Å². The van der Waals surface area contributed by atoms with Crippen molar-refractivity contribution in [1.82, 2.24) is 5.32 Å². The number of halogens is 3. The maximum Gasteiger partial charge on any atom is 0.142 e. The Hall–Kier alpha value is -0.670. The molecular formula is C16H22ClF2N. The van der Waals surface area contributed by atoms with Crippen LogP contribution in [0.25, 0.3) is 0 Å². The van der Waals surface area contributed by atoms with E-state index in [0.717, 1.165) is 24.8 Å². The Bertz CT molecular complexity index is 456. The zero-order valence-electron chi connectivity index (χ0n) is 12.1. The maximum absolute atomic E-state index is 14.1. The summed E-state index contributed by atoms with van der Waals surface area (Å²) in [4.78, 5) is 0. The summed E-state index contributed by atoms with van der Waals surface area (Å²) in [5.74, 6) is 0.173. The lowest BCUT2D eigenvalue weighted by Crippen LogP contribution is -2.29. The predicted octanol–water partition coefficient (Wildman–Crippen LogP) is 5.10. The molecule has 0 radical (unpaired) electrons. The van der Waals surface area contributed by atoms with Gasteiger partial charge in [0.05, 0.1) is 5.02 Å². The van der Waals surface area contributed by atoms with Gasteiger partial charge in [0.1, 0.15) is 11.6 Å². The van der Waals surface area contributed by atoms with Gasteiger partial charge in [0.15, 0.2) is 0 Å². The highest BCUT2D eigenvalue weighted by Gasteiger charge is 2.29. The van der Waals surface area contributed by atoms with E-state index in [0.29, 0.717) is 11.5 Å². The van der Waals surface area contributed by atoms with Crippen molar-refractivity contribution in [2.24, 2.45) is 11.8 Å². The van der Waals surface area contributed by atoms with Crippen molar-refractivity contribution in [3.05, 3.63) is 34.4 Å². The predicted molar refractivity (Wildman–Crippen MR) is 78.9 cm³/mol. The van der Waals surface area contributed by atoms with Crippen molar-refractivity contribution in [3.63, 3.8) is 0 Å². The molecule has 112 valence electrons. The summed E-state index contributed by atoms with van der Waals surface area (Å²) in [6, 6.07) is 2.18. The van der Waals surface area contributed by atoms with Crippen LogP contribution in [0.4, 0.5) is 8.78 Å². The van der Waals surface area contributed by atoms with Crippen molar-refractivity contribution in [2.75, 3.05) is 7.05 Å². The van der Waals surface area contributed by atoms with E-state index in [2.05, 4.69) is 12.2 Å². The number of benzene rings is 1. The van der Waals surface area contributed by atoms with Gasteiger partial charge in [0.25, 0.3) is 0 Å². The first-order valence-corrected chi connectivity index (χ1v) is 7.76. The second-order valence-corrected chi connectivity index (χ2v) is 6.15. The summed E-state index contributed by atoms with van der Waals surface area (Å²) >= 11 is 5.62. The fraction of sp³-hybridized carbons (Fsp3) is 0.625. The van der Waals surface area contributed by atoms with Gasteiger partial charge in [-0.2, -0.15) is 0 Å². The van der Waals surface area contributed by atoms with Crippen LogP contribution in [0.2, 0.25) is 5.02 Å². The molecular weight excluding hydrogens is 280 g/mol. The van der Waals surface area contributed by atoms with Crippen molar-refractivity contribution < 1.29 is 8.78 Å². The van der Waals surface area contributed by atoms with E-state index in [1.165, 1.54) is 25.3 Å². The summed E-state index contributed by atoms with van der Waals surface area (Å²) in [5, 5.41) is 3.00. The van der Waals surface area contributed by atoms with Crippen LogP contribution in [-0.4, -0.2) is 7.05 Å². The first kappa shape index (κ1) is 15.7. The molecule has 1 aliphatic rings. The summed E-state index contributed by atoms with van der Waals surface area (Å²) in [5.41, 5.74) is 0.398. The third-order valence-electron chi connectivity index (χ3n) is 4.63. The molecule has 1 aliphatic carbocycles. The van der Waals surface area contributed by atoms with Crippen LogP contribution in [0.1, 0.15) is 50.6 Å². The molecule has 1 aromatic carbocycles. The Morgan fingerprint density at radius 1 is 1.20 bits per heavy atom. The lowest BCUT2D eigenvalue weighted by atomic mass is 9.76. The number of rotatable bonds is 4. The highest BCUT2D eigenvalue weighted by molar-refractivity contribution is 6.30. The van der Waals surface area contributed by atoms with Gasteiger partial charge in [-0.3, -0.25) is 0 Å². The average Bonchev–Trinajstić information content (AvgIpc) is 2.46. The van der Waals surface area contributed by atoms with Gasteiger partial charge in [0.2, 0.25) is 0 Å². The third kappa shape index (κ3) is 3.32. The Balaban J connectivity index is 2.18. The van der Waals surface area contributed by atoms with Crippen LogP contribution < -0.4 is 5.32 Å². The van der Waals surface area contributed by atoms with Gasteiger partial charge < -0.3 is 5.32 Å². The van der Waals surface area contributed by atoms with E-state index >= 15 is 0 Å². The van der Waals surface area contributed by atoms with Crippen LogP contribution in [-0.2, 0) is 0 Å². The Kier molecular flexibility index (Phi) is 5.39. The number of hydrogen-bond acceptors (Lipinski definition) is 1. The first-order chi connectivity index (χ1) is 9.56. The fourth-order valence-electron chi connectivity index (χ4n) is 3.35. The fourth-order valence-corrected chi connectivity index (χ4v) is 3.50. The van der Waals surface area contributed by atoms with Crippen LogP contribution >= 0.6 is 11.6 Å². The number of hydrogen-bond donors (Lipinski definition) is 1. The molecule has 1 N–H and O–H groups in total. The quantitative estimate of drug-likeness (QED) is 0.763. The minimum atomic E-state index is -0.550. The molecule has 2 rings (SSSR count). The average molecular weight is 302 g/mol. The van der Waals surface area contributed by atoms with E-state index in [-0.39, 0.29) is 11.1 Å². The molecule has 0 heterocycles. The van der Waals surface area contributed by atoms with E-state index in [9.17, 15) is 8.78 Å². The van der Waals surface area contributed by atoms with Crippen LogP contribution in [0.5, 0.6) is 0 Å². The second kappa shape index (κ2) is 6.86. The molecule has 1 unspecified atom stereocenters. The van der Waals surface area contributed by atoms with E-state index in [4.69, 9.17) is 11.6 Å². The van der Waals surface area contributed by atoms with Crippen molar-refractivity contribution in [2.45, 2.75) is 45.1 Å². The minimum absolute atomic E-state index is 0.139. The minimum Gasteiger partial charge on any atom is -0.313 e. The molecule has 1 nitrogen and oxygen atoms in total. The normalized spacial score (nSPS) is 24.6. The molecule has 0 saturated heterocycles. The molecule has 0 spiro atoms. The molecule has 1 atom stereocenters. The zero-order chi connectivity index (χ0) is 14.7. The van der Waals surface area contributed by atoms with E-state index in [1.54, 1.807) is 0 Å². The SMILES string of the molecule is CCC1CCC(C(NC)c2cc(F)c(Cl)cc2F)CC1. The summed E-state index contributed by atoms with van der Waals surface area (Å²) in [6.07, 6.45) is 5.69. The van der Waals surface area contributed by atoms with Gasteiger partial charge in [-0.1, -0.05) is 37.8 Å². The van der Waals surface area contributed by atoms with Gasteiger partial charge in [-0.25, -0.2) is 8.78 Å². The van der Waals surface area contributed by atoms with Crippen molar-refractivity contribution in [1.29, 1.82) is 0 Å². The van der Waals surface area contributed by atoms with Gasteiger partial charge in [-0.05, 0) is 43.9 Å². The second-order valence-electron chi connectivity index (χ2n) is 5.74. The molecule has 4 heteroatoms. The molecule has 1 fully saturated rings. The maximum atomic E-state index is 14.1. The Labute approximate surface area is 124 Å². The van der Waals surface area contributed by atoms with E-state index in [1.807, 2.05) is 7.05 Å². The summed E-state index contributed by atoms with van der Waals surface area (Å²) < 4.78 is 27.7. The molecule has 0 bridgehead atoms. The summed E-state index contributed by atoms with van der Waals surface area (Å²) in [7, 11) is 1.81. The molecule has 1 aromatic rings. The van der Waals surface area contributed by atoms with Gasteiger partial charge in [0, 0.05) is 11.6 Å². The third-order valence-corrected chi connectivity index (χ3v) is 4.92. The van der Waals surface area contributed by atoms with Crippen molar-refractivity contribution in [3.8, 4) is 0 Å². The largest absolute Gasteiger partial charge is 0.313 e. The Morgan fingerprint density at radius 3 is 2.40 bits per heavy atom. The van der Waals surface area contributed by atoms with Crippen LogP contribution in [0, 0.1) is 23.5 Å². The van der Waals surface area contributed by atoms with Gasteiger partial charge >= 0.3 is 0 Å². The monoisotopic (exact) mass is 301 g/mol. The number of nitrogens with one attached hydrogen (secondary N) is 1. The zero-order valence-corrected chi connectivity index (χ0v) is 12.8.